The van der Waals surface area contributed by atoms with E-state index in [9.17, 15) is 0 Å². The summed E-state index contributed by atoms with van der Waals surface area (Å²) in [6.45, 7) is 2.15. The van der Waals surface area contributed by atoms with Crippen LogP contribution in [0.2, 0.25) is 0 Å². The maximum atomic E-state index is 5.11. The number of aromatic nitrogens is 6. The number of thiazole rings is 2. The fraction of sp³-hybridized carbons (Fsp3) is 0.0256. The molecule has 0 aliphatic heterocycles. The monoisotopic (exact) mass is 1140 g/mol. The lowest BCUT2D eigenvalue weighted by atomic mass is 9.96. The minimum absolute atomic E-state index is 0.711. The summed E-state index contributed by atoms with van der Waals surface area (Å²) in [7, 11) is 0. The first-order valence-corrected chi connectivity index (χ1v) is 30.4. The van der Waals surface area contributed by atoms with Crippen molar-refractivity contribution in [2.45, 2.75) is 13.3 Å². The lowest BCUT2D eigenvalue weighted by molar-refractivity contribution is 1.11. The maximum absolute atomic E-state index is 5.11. The number of nitrogens with zero attached hydrogens (tertiary/aromatic N) is 6. The Bertz CT molecular complexity index is 4800. The molecule has 408 valence electrons. The fourth-order valence-electron chi connectivity index (χ4n) is 10.7. The number of hydrogen-bond acceptors (Lipinski definition) is 8. The van der Waals surface area contributed by atoms with E-state index in [1.54, 1.807) is 22.7 Å². The van der Waals surface area contributed by atoms with Gasteiger partial charge in [-0.05, 0) is 87.3 Å². The van der Waals surface area contributed by atoms with E-state index in [-0.39, 0.29) is 0 Å². The maximum Gasteiger partial charge on any atom is 0.160 e. The van der Waals surface area contributed by atoms with Crippen molar-refractivity contribution in [3.8, 4) is 123 Å². The highest BCUT2D eigenvalue weighted by atomic mass is 32.1. The third-order valence-electron chi connectivity index (χ3n) is 15.3. The molecule has 0 atom stereocenters. The second-order valence-electron chi connectivity index (χ2n) is 20.9. The Morgan fingerprint density at radius 1 is 0.244 bits per heavy atom. The Kier molecular flexibility index (Phi) is 15.1. The lowest BCUT2D eigenvalue weighted by Gasteiger charge is -2.13. The first kappa shape index (κ1) is 53.4. The van der Waals surface area contributed by atoms with E-state index in [0.717, 1.165) is 106 Å². The van der Waals surface area contributed by atoms with Gasteiger partial charge < -0.3 is 0 Å². The van der Waals surface area contributed by atoms with Gasteiger partial charge in [-0.2, -0.15) is 0 Å². The quantitative estimate of drug-likeness (QED) is 0.121. The summed E-state index contributed by atoms with van der Waals surface area (Å²) in [5.41, 5.74) is 22.4. The van der Waals surface area contributed by atoms with Crippen molar-refractivity contribution in [1.29, 1.82) is 0 Å². The van der Waals surface area contributed by atoms with Crippen molar-refractivity contribution < 1.29 is 0 Å². The van der Waals surface area contributed by atoms with E-state index in [0.29, 0.717) is 11.6 Å². The zero-order chi connectivity index (χ0) is 57.6. The first-order valence-electron chi connectivity index (χ1n) is 28.8. The van der Waals surface area contributed by atoms with Gasteiger partial charge in [-0.25, -0.2) is 29.9 Å². The van der Waals surface area contributed by atoms with Gasteiger partial charge in [-0.15, -0.1) is 22.7 Å². The summed E-state index contributed by atoms with van der Waals surface area (Å²) < 4.78 is 2.40. The molecular formula is C78H54N6S2. The molecule has 0 aliphatic rings. The molecule has 0 fully saturated rings. The molecule has 4 heterocycles. The molecule has 0 radical (unpaired) electrons. The largest absolute Gasteiger partial charge is 0.241 e. The predicted octanol–water partition coefficient (Wildman–Crippen LogP) is 21.1. The van der Waals surface area contributed by atoms with Gasteiger partial charge >= 0.3 is 0 Å². The summed E-state index contributed by atoms with van der Waals surface area (Å²) in [6.07, 6.45) is 0.948. The third-order valence-corrected chi connectivity index (χ3v) is 17.5. The SMILES string of the molecule is CCc1nc2cc(-c3ccccc3-c3cc(-c4ccc(-c5ccccc5)cc4)nc(-c4ccccc4)n3)ccc2s1.c1ccc(-c2ccc(-c3cc(-c4ccc(-c5ccc6nc(-c7ccccc7)sc6c5)cc4)nc(-c4ccccc4)n3)cc2)cc1. The molecule has 4 aromatic heterocycles. The van der Waals surface area contributed by atoms with Crippen LogP contribution in [0.5, 0.6) is 0 Å². The fourth-order valence-corrected chi connectivity index (χ4v) is 12.6. The van der Waals surface area contributed by atoms with E-state index in [1.807, 2.05) is 54.6 Å². The van der Waals surface area contributed by atoms with Crippen LogP contribution in [-0.4, -0.2) is 29.9 Å². The molecule has 8 heteroatoms. The topological polar surface area (TPSA) is 77.3 Å². The molecule has 0 unspecified atom stereocenters. The molecule has 86 heavy (non-hydrogen) atoms. The van der Waals surface area contributed by atoms with Crippen LogP contribution >= 0.6 is 22.7 Å². The summed E-state index contributed by atoms with van der Waals surface area (Å²) >= 11 is 3.50. The molecule has 0 N–H and O–H groups in total. The van der Waals surface area contributed by atoms with Crippen molar-refractivity contribution >= 4 is 43.1 Å². The normalized spacial score (nSPS) is 11.1. The second kappa shape index (κ2) is 24.3. The zero-order valence-corrected chi connectivity index (χ0v) is 48.6. The second-order valence-corrected chi connectivity index (χ2v) is 23.0. The highest BCUT2D eigenvalue weighted by Gasteiger charge is 2.17. The van der Waals surface area contributed by atoms with Crippen molar-refractivity contribution in [3.05, 3.63) is 302 Å². The highest BCUT2D eigenvalue weighted by molar-refractivity contribution is 7.21. The van der Waals surface area contributed by atoms with Crippen LogP contribution in [0.4, 0.5) is 0 Å². The third kappa shape index (κ3) is 11.6. The van der Waals surface area contributed by atoms with Gasteiger partial charge in [0.2, 0.25) is 0 Å². The molecular weight excluding hydrogens is 1090 g/mol. The van der Waals surface area contributed by atoms with Gasteiger partial charge in [0.25, 0.3) is 0 Å². The molecule has 0 aliphatic carbocycles. The van der Waals surface area contributed by atoms with E-state index < -0.39 is 0 Å². The van der Waals surface area contributed by atoms with Crippen LogP contribution in [0.25, 0.3) is 143 Å². The minimum atomic E-state index is 0.711. The van der Waals surface area contributed by atoms with Gasteiger partial charge in [0.05, 0.1) is 48.2 Å². The number of aryl methyl sites for hydroxylation is 1. The van der Waals surface area contributed by atoms with Gasteiger partial charge in [0.15, 0.2) is 11.6 Å². The van der Waals surface area contributed by atoms with E-state index in [1.165, 1.54) is 37.2 Å². The predicted molar refractivity (Wildman–Crippen MR) is 360 cm³/mol. The first-order chi connectivity index (χ1) is 42.5. The molecule has 15 aromatic rings. The lowest BCUT2D eigenvalue weighted by Crippen LogP contribution is -1.97. The molecule has 11 aromatic carbocycles. The van der Waals surface area contributed by atoms with Gasteiger partial charge in [-0.3, -0.25) is 0 Å². The van der Waals surface area contributed by atoms with Crippen LogP contribution in [0.15, 0.2) is 297 Å². The van der Waals surface area contributed by atoms with Crippen molar-refractivity contribution in [2.75, 3.05) is 0 Å². The number of fused-ring (bicyclic) bond motifs is 2. The van der Waals surface area contributed by atoms with Gasteiger partial charge in [0, 0.05) is 38.9 Å². The number of benzene rings is 11. The summed E-state index contributed by atoms with van der Waals surface area (Å²) in [5.74, 6) is 1.42. The van der Waals surface area contributed by atoms with E-state index in [4.69, 9.17) is 29.9 Å². The molecule has 0 spiro atoms. The number of rotatable bonds is 12. The van der Waals surface area contributed by atoms with Crippen LogP contribution in [0.1, 0.15) is 11.9 Å². The Morgan fingerprint density at radius 3 is 1.13 bits per heavy atom. The number of hydrogen-bond donors (Lipinski definition) is 0. The molecule has 0 bridgehead atoms. The van der Waals surface area contributed by atoms with Crippen LogP contribution in [-0.2, 0) is 6.42 Å². The molecule has 15 rings (SSSR count). The Hall–Kier alpha value is -10.6. The van der Waals surface area contributed by atoms with Crippen LogP contribution in [0.3, 0.4) is 0 Å². The Balaban J connectivity index is 0.000000153. The minimum Gasteiger partial charge on any atom is -0.241 e. The van der Waals surface area contributed by atoms with Gasteiger partial charge in [-0.1, -0.05) is 268 Å². The van der Waals surface area contributed by atoms with Crippen molar-refractivity contribution in [2.24, 2.45) is 0 Å². The highest BCUT2D eigenvalue weighted by Crippen LogP contribution is 2.39. The van der Waals surface area contributed by atoms with Crippen molar-refractivity contribution in [1.82, 2.24) is 29.9 Å². The molecule has 0 amide bonds. The van der Waals surface area contributed by atoms with Crippen LogP contribution in [0, 0.1) is 0 Å². The van der Waals surface area contributed by atoms with E-state index in [2.05, 4.69) is 250 Å². The molecule has 0 saturated heterocycles. The smallest absolute Gasteiger partial charge is 0.160 e. The van der Waals surface area contributed by atoms with E-state index >= 15 is 0 Å². The standard InChI is InChI=1S/C41H27N3S.C37H27N3S/c1-4-10-28(11-5-1)29-16-20-31(21-17-29)37-27-38(43-40(42-37)33-12-6-2-7-13-33)32-22-18-30(19-23-32)35-24-25-36-39(26-35)45-41(44-36)34-14-8-3-9-15-34;1-2-36-38-34-23-29(21-22-35(34)41-36)30-15-9-10-16-31(30)33-24-32(39-37(40-33)28-13-7-4-8-14-28)27-19-17-26(18-20-27)25-11-5-3-6-12-25/h1-27H;3-24H,2H2,1H3. The summed E-state index contributed by atoms with van der Waals surface area (Å²) in [5, 5.41) is 2.21. The Labute approximate surface area is 508 Å². The van der Waals surface area contributed by atoms with Crippen molar-refractivity contribution in [3.63, 3.8) is 0 Å². The summed E-state index contributed by atoms with van der Waals surface area (Å²) in [6, 6.07) is 103. The van der Waals surface area contributed by atoms with Gasteiger partial charge in [0.1, 0.15) is 5.01 Å². The average molecular weight is 1140 g/mol. The Morgan fingerprint density at radius 2 is 0.628 bits per heavy atom. The van der Waals surface area contributed by atoms with Crippen LogP contribution < -0.4 is 0 Å². The average Bonchev–Trinajstić information content (AvgIpc) is 3.95. The zero-order valence-electron chi connectivity index (χ0n) is 47.0. The summed E-state index contributed by atoms with van der Waals surface area (Å²) in [4.78, 5) is 29.9. The molecule has 6 nitrogen and oxygen atoms in total. The molecule has 0 saturated carbocycles.